The van der Waals surface area contributed by atoms with Crippen molar-refractivity contribution in [2.45, 2.75) is 31.0 Å². The minimum Gasteiger partial charge on any atom is -0.495 e. The fraction of sp³-hybridized carbons (Fsp3) is 0.400. The summed E-state index contributed by atoms with van der Waals surface area (Å²) in [5, 5.41) is 6.85. The van der Waals surface area contributed by atoms with E-state index in [1.54, 1.807) is 5.32 Å². The molecule has 0 spiro atoms. The molecule has 0 amide bonds. The molecule has 0 heterocycles. The Morgan fingerprint density at radius 2 is 2.00 bits per heavy atom. The Labute approximate surface area is 194 Å². The molecule has 2 rings (SSSR count). The van der Waals surface area contributed by atoms with Crippen LogP contribution >= 0.6 is 0 Å². The third-order valence-corrected chi connectivity index (χ3v) is 3.63. The van der Waals surface area contributed by atoms with Gasteiger partial charge in [-0.25, -0.2) is 13.6 Å². The highest BCUT2D eigenvalue weighted by atomic mass is 32.2. The Morgan fingerprint density at radius 1 is 1.25 bits per heavy atom. The topological polar surface area (TPSA) is 99.9 Å². The van der Waals surface area contributed by atoms with Crippen molar-refractivity contribution >= 4 is 10.0 Å². The van der Waals surface area contributed by atoms with E-state index in [0.717, 1.165) is 7.11 Å². The van der Waals surface area contributed by atoms with E-state index in [9.17, 15) is 8.42 Å². The average Bonchev–Trinajstić information content (AvgIpc) is 2.90. The first-order valence-corrected chi connectivity index (χ1v) is 8.71. The van der Waals surface area contributed by atoms with Gasteiger partial charge in [0.2, 0.25) is 10.0 Å². The maximum Gasteiger partial charge on any atom is 0.241 e. The van der Waals surface area contributed by atoms with Crippen molar-refractivity contribution in [2.24, 2.45) is 5.14 Å². The van der Waals surface area contributed by atoms with E-state index in [2.05, 4.69) is 0 Å². The number of sulfonamides is 1. The maximum absolute atomic E-state index is 12.3. The molecule has 0 radical (unpaired) electrons. The van der Waals surface area contributed by atoms with E-state index >= 15 is 0 Å². The number of hydrogen-bond donors (Lipinski definition) is 2. The molecule has 2 aromatic carbocycles. The molecule has 0 aliphatic carbocycles. The summed E-state index contributed by atoms with van der Waals surface area (Å²) in [5.74, 6) is -3.58. The van der Waals surface area contributed by atoms with Gasteiger partial charge in [-0.15, -0.1) is 0 Å². The van der Waals surface area contributed by atoms with Crippen LogP contribution < -0.4 is 24.7 Å². The molecular weight excluding hydrogens is 380 g/mol. The van der Waals surface area contributed by atoms with Crippen molar-refractivity contribution in [1.29, 1.82) is 0 Å². The fourth-order valence-corrected chi connectivity index (χ4v) is 2.31. The summed E-state index contributed by atoms with van der Waals surface area (Å²) in [7, 11) is -4.17. The van der Waals surface area contributed by atoms with Crippen molar-refractivity contribution in [1.82, 2.24) is 5.32 Å². The first-order valence-electron chi connectivity index (χ1n) is 17.2. The molecule has 3 N–H and O–H groups in total. The lowest BCUT2D eigenvalue weighted by Crippen LogP contribution is -2.32. The van der Waals surface area contributed by atoms with Gasteiger partial charge in [0, 0.05) is 24.9 Å². The molecule has 2 aromatic rings. The smallest absolute Gasteiger partial charge is 0.241 e. The molecule has 28 heavy (non-hydrogen) atoms. The number of ether oxygens (including phenoxy) is 3. The second-order valence-corrected chi connectivity index (χ2v) is 6.12. The maximum atomic E-state index is 12.3. The molecule has 8 heteroatoms. The van der Waals surface area contributed by atoms with Gasteiger partial charge in [0.1, 0.15) is 17.2 Å². The Bertz CT molecular complexity index is 1690. The lowest BCUT2D eigenvalue weighted by molar-refractivity contribution is 0.272. The van der Waals surface area contributed by atoms with Crippen LogP contribution in [0.15, 0.2) is 47.2 Å². The third-order valence-electron chi connectivity index (χ3n) is 2.77. The zero-order valence-electron chi connectivity index (χ0n) is 34.2. The highest BCUT2D eigenvalue weighted by molar-refractivity contribution is 7.89. The van der Waals surface area contributed by atoms with E-state index in [4.69, 9.17) is 46.8 Å². The second-order valence-electron chi connectivity index (χ2n) is 4.62. The van der Waals surface area contributed by atoms with E-state index < -0.39 is 126 Å². The summed E-state index contributed by atoms with van der Waals surface area (Å²) in [6, 6.07) is -12.3. The monoisotopic (exact) mass is 428 g/mol. The largest absolute Gasteiger partial charge is 0.495 e. The molecule has 0 bridgehead atoms. The van der Waals surface area contributed by atoms with E-state index in [1.807, 2.05) is 0 Å². The number of nitrogens with one attached hydrogen (secondary N) is 1. The molecule has 154 valence electrons. The van der Waals surface area contributed by atoms with Crippen LogP contribution in [0.25, 0.3) is 0 Å². The summed E-state index contributed by atoms with van der Waals surface area (Å²) in [5.41, 5.74) is -1.45. The molecule has 0 fully saturated rings. The number of benzene rings is 2. The number of para-hydroxylation sites is 2. The van der Waals surface area contributed by atoms with Gasteiger partial charge in [0.15, 0.2) is 11.5 Å². The summed E-state index contributed by atoms with van der Waals surface area (Å²) in [6.45, 7) is -16.1. The van der Waals surface area contributed by atoms with Crippen LogP contribution in [0.4, 0.5) is 0 Å². The van der Waals surface area contributed by atoms with Crippen molar-refractivity contribution < 1.29 is 50.0 Å². The number of nitrogens with two attached hydrogens (primary N) is 1. The Balaban J connectivity index is 2.76. The van der Waals surface area contributed by atoms with Crippen LogP contribution in [0.3, 0.4) is 0 Å². The quantitative estimate of drug-likeness (QED) is 0.570. The lowest BCUT2D eigenvalue weighted by Gasteiger charge is -2.16. The Morgan fingerprint density at radius 3 is 2.64 bits per heavy atom. The number of methoxy groups -OCH3 is 1. The van der Waals surface area contributed by atoms with Crippen molar-refractivity contribution in [2.75, 3.05) is 26.8 Å². The van der Waals surface area contributed by atoms with Crippen molar-refractivity contribution in [3.05, 3.63) is 47.9 Å². The molecule has 0 saturated carbocycles. The standard InChI is InChI=1S/C20H28N2O5S/c1-4-26-17-7-5-6-8-18(17)27-12-11-22-15(2)13-16-9-10-19(25-3)20(14-16)28(21,23)24/h5-10,14-15,22H,4,11-13H2,1-3H3,(H2,21,23,24)/t15-/m1/s1/i1D3,2D3,4D2,5D,6D,7D,8D,9D,10D,12D2,13D2,14D,15D. The summed E-state index contributed by atoms with van der Waals surface area (Å²) < 4.78 is 199. The fourth-order valence-electron chi connectivity index (χ4n) is 1.67. The van der Waals surface area contributed by atoms with Gasteiger partial charge < -0.3 is 19.5 Å². The molecule has 7 nitrogen and oxygen atoms in total. The van der Waals surface area contributed by atoms with Gasteiger partial charge in [-0.2, -0.15) is 0 Å². The first kappa shape index (κ1) is 7.19. The van der Waals surface area contributed by atoms with Gasteiger partial charge in [-0.05, 0) is 49.8 Å². The molecule has 1 atom stereocenters. The van der Waals surface area contributed by atoms with E-state index in [1.165, 1.54) is 0 Å². The van der Waals surface area contributed by atoms with Crippen LogP contribution in [0.2, 0.25) is 0 Å². The minimum absolute atomic E-state index is 0.844. The molecule has 0 aliphatic heterocycles. The number of primary sulfonamides is 1. The van der Waals surface area contributed by atoms with Crippen LogP contribution in [0, 0.1) is 0 Å². The lowest BCUT2D eigenvalue weighted by atomic mass is 10.1. The number of rotatable bonds is 11. The van der Waals surface area contributed by atoms with Crippen LogP contribution in [-0.2, 0) is 16.4 Å². The van der Waals surface area contributed by atoms with Gasteiger partial charge in [-0.3, -0.25) is 0 Å². The molecule has 0 aromatic heterocycles. The third kappa shape index (κ3) is 6.40. The zero-order valence-corrected chi connectivity index (χ0v) is 15.1. The van der Waals surface area contributed by atoms with E-state index in [-0.39, 0.29) is 0 Å². The second kappa shape index (κ2) is 10.3. The van der Waals surface area contributed by atoms with Crippen LogP contribution in [-0.4, -0.2) is 41.2 Å². The summed E-state index contributed by atoms with van der Waals surface area (Å²) >= 11 is 0. The van der Waals surface area contributed by atoms with Gasteiger partial charge >= 0.3 is 0 Å². The Hall–Kier alpha value is -2.29. The summed E-state index contributed by atoms with van der Waals surface area (Å²) in [6.07, 6.45) is -3.87. The molecule has 0 unspecified atom stereocenters. The van der Waals surface area contributed by atoms with Gasteiger partial charge in [0.25, 0.3) is 0 Å². The normalized spacial score (nSPS) is 26.4. The SMILES string of the molecule is [2H]c1c([2H])c([2H])c(OC([2H])([2H])C([2H])([2H])[2H])c(OC([2H])([2H])CN[C@]([2H])(C([2H])([2H])[2H])C([2H])([2H])c2c([2H])c([2H])c(OC)c(S(N)(=O)=O)c2[2H])c1[2H]. The average molecular weight is 429 g/mol. The highest BCUT2D eigenvalue weighted by Crippen LogP contribution is 2.26. The Kier molecular flexibility index (Phi) is 2.65. The number of hydrogen-bond acceptors (Lipinski definition) is 6. The predicted molar refractivity (Wildman–Crippen MR) is 109 cm³/mol. The molecular formula is C20H28N2O5S. The highest BCUT2D eigenvalue weighted by Gasteiger charge is 2.16. The van der Waals surface area contributed by atoms with Gasteiger partial charge in [0.05, 0.1) is 28.7 Å². The van der Waals surface area contributed by atoms with Crippen LogP contribution in [0.5, 0.6) is 17.2 Å². The van der Waals surface area contributed by atoms with Gasteiger partial charge in [-0.1, -0.05) is 18.1 Å². The molecule has 0 saturated heterocycles. The van der Waals surface area contributed by atoms with Crippen molar-refractivity contribution in [3.63, 3.8) is 0 Å². The van der Waals surface area contributed by atoms with Crippen LogP contribution in [0.1, 0.15) is 46.7 Å². The summed E-state index contributed by atoms with van der Waals surface area (Å²) in [4.78, 5) is -1.32. The zero-order chi connectivity index (χ0) is 38.0. The minimum atomic E-state index is -5.01. The van der Waals surface area contributed by atoms with Crippen molar-refractivity contribution in [3.8, 4) is 17.2 Å². The first-order chi connectivity index (χ1) is 21.2. The predicted octanol–water partition coefficient (Wildman–Crippen LogP) is 2.34. The molecule has 0 aliphatic rings. The van der Waals surface area contributed by atoms with E-state index in [0.29, 0.717) is 0 Å².